The maximum absolute atomic E-state index is 9.01. The summed E-state index contributed by atoms with van der Waals surface area (Å²) in [5, 5.41) is 10.8. The lowest BCUT2D eigenvalue weighted by Gasteiger charge is -2.42. The highest BCUT2D eigenvalue weighted by molar-refractivity contribution is 6.36. The maximum atomic E-state index is 9.01. The number of hydrogen-bond acceptors (Lipinski definition) is 4. The molecule has 1 aliphatic heterocycles. The monoisotopic (exact) mass is 456 g/mol. The molecule has 1 aliphatic rings. The van der Waals surface area contributed by atoms with Crippen LogP contribution in [0.5, 0.6) is 0 Å². The average molecular weight is 458 g/mol. The number of piperazine rings is 1. The third-order valence-corrected chi connectivity index (χ3v) is 6.01. The number of aromatic nitrogens is 1. The molecule has 0 saturated carbocycles. The third-order valence-electron chi connectivity index (χ3n) is 5.27. The fourth-order valence-electron chi connectivity index (χ4n) is 3.77. The van der Waals surface area contributed by atoms with Gasteiger partial charge in [-0.3, -0.25) is 4.90 Å². The molecule has 4 rings (SSSR count). The summed E-state index contributed by atoms with van der Waals surface area (Å²) in [6.45, 7) is 3.26. The molecule has 0 radical (unpaired) electrons. The smallest absolute Gasteiger partial charge is 0.148 e. The molecule has 0 bridgehead atoms. The van der Waals surface area contributed by atoms with Crippen molar-refractivity contribution in [3.8, 4) is 6.07 Å². The van der Waals surface area contributed by atoms with Crippen LogP contribution < -0.4 is 4.90 Å². The first-order valence-electron chi connectivity index (χ1n) is 9.58. The molecule has 0 spiro atoms. The van der Waals surface area contributed by atoms with E-state index in [9.17, 15) is 0 Å². The number of nitrogens with zero attached hydrogens (tertiary/aromatic N) is 4. The van der Waals surface area contributed by atoms with E-state index in [4.69, 9.17) is 40.1 Å². The fourth-order valence-corrected chi connectivity index (χ4v) is 4.38. The molecule has 2 heterocycles. The van der Waals surface area contributed by atoms with Crippen LogP contribution in [0.1, 0.15) is 22.7 Å². The predicted molar refractivity (Wildman–Crippen MR) is 122 cm³/mol. The second-order valence-corrected chi connectivity index (χ2v) is 8.54. The van der Waals surface area contributed by atoms with Crippen LogP contribution in [-0.2, 0) is 6.54 Å². The highest BCUT2D eigenvalue weighted by Gasteiger charge is 2.30. The van der Waals surface area contributed by atoms with Gasteiger partial charge >= 0.3 is 0 Å². The van der Waals surface area contributed by atoms with Gasteiger partial charge in [0.2, 0.25) is 0 Å². The SMILES string of the molecule is N#Cc1ccc(CN2CCN(c3ncc(Cl)cc3Cl)C(c3ccc(Cl)cc3)C2)cc1. The molecular formula is C23H19Cl3N4. The summed E-state index contributed by atoms with van der Waals surface area (Å²) < 4.78 is 0. The topological polar surface area (TPSA) is 43.2 Å². The Labute approximate surface area is 191 Å². The molecule has 3 aromatic rings. The maximum Gasteiger partial charge on any atom is 0.148 e. The van der Waals surface area contributed by atoms with Gasteiger partial charge in [-0.1, -0.05) is 59.1 Å². The van der Waals surface area contributed by atoms with Gasteiger partial charge in [0.25, 0.3) is 0 Å². The van der Waals surface area contributed by atoms with Crippen molar-refractivity contribution < 1.29 is 0 Å². The minimum absolute atomic E-state index is 0.0700. The summed E-state index contributed by atoms with van der Waals surface area (Å²) in [7, 11) is 0. The van der Waals surface area contributed by atoms with Gasteiger partial charge < -0.3 is 4.90 Å². The first-order chi connectivity index (χ1) is 14.5. The molecule has 1 fully saturated rings. The van der Waals surface area contributed by atoms with E-state index in [2.05, 4.69) is 33.0 Å². The number of rotatable bonds is 4. The molecule has 1 atom stereocenters. The Balaban J connectivity index is 1.60. The number of benzene rings is 2. The molecule has 0 N–H and O–H groups in total. The van der Waals surface area contributed by atoms with Crippen LogP contribution in [0.25, 0.3) is 0 Å². The second-order valence-electron chi connectivity index (χ2n) is 7.26. The summed E-state index contributed by atoms with van der Waals surface area (Å²) in [5.74, 6) is 0.735. The Morgan fingerprint density at radius 1 is 0.967 bits per heavy atom. The molecule has 1 unspecified atom stereocenters. The van der Waals surface area contributed by atoms with Crippen molar-refractivity contribution in [3.63, 3.8) is 0 Å². The van der Waals surface area contributed by atoms with Crippen LogP contribution in [0.2, 0.25) is 15.1 Å². The zero-order valence-corrected chi connectivity index (χ0v) is 18.4. The summed E-state index contributed by atoms with van der Waals surface area (Å²) in [6.07, 6.45) is 1.63. The molecule has 152 valence electrons. The van der Waals surface area contributed by atoms with Gasteiger partial charge in [-0.2, -0.15) is 5.26 Å². The summed E-state index contributed by atoms with van der Waals surface area (Å²) in [6, 6.07) is 19.6. The van der Waals surface area contributed by atoms with Crippen molar-refractivity contribution in [3.05, 3.63) is 92.6 Å². The first kappa shape index (κ1) is 21.0. The Morgan fingerprint density at radius 2 is 1.70 bits per heavy atom. The van der Waals surface area contributed by atoms with Crippen LogP contribution in [0.3, 0.4) is 0 Å². The van der Waals surface area contributed by atoms with Crippen molar-refractivity contribution >= 4 is 40.6 Å². The van der Waals surface area contributed by atoms with Crippen molar-refractivity contribution in [1.29, 1.82) is 5.26 Å². The van der Waals surface area contributed by atoms with E-state index in [0.29, 0.717) is 20.6 Å². The zero-order valence-electron chi connectivity index (χ0n) is 16.1. The summed E-state index contributed by atoms with van der Waals surface area (Å²) in [5.41, 5.74) is 3.00. The minimum Gasteiger partial charge on any atom is -0.346 e. The van der Waals surface area contributed by atoms with Gasteiger partial charge in [-0.05, 0) is 41.5 Å². The van der Waals surface area contributed by atoms with Gasteiger partial charge in [0, 0.05) is 37.4 Å². The van der Waals surface area contributed by atoms with Crippen LogP contribution in [0, 0.1) is 11.3 Å². The first-order valence-corrected chi connectivity index (χ1v) is 10.7. The molecular weight excluding hydrogens is 439 g/mol. The molecule has 1 saturated heterocycles. The number of pyridine rings is 1. The zero-order chi connectivity index (χ0) is 21.1. The van der Waals surface area contributed by atoms with E-state index < -0.39 is 0 Å². The quantitative estimate of drug-likeness (QED) is 0.483. The van der Waals surface area contributed by atoms with E-state index in [1.807, 2.05) is 36.4 Å². The Hall–Kier alpha value is -2.29. The third kappa shape index (κ3) is 4.71. The molecule has 2 aromatic carbocycles. The van der Waals surface area contributed by atoms with Crippen LogP contribution in [0.4, 0.5) is 5.82 Å². The summed E-state index contributed by atoms with van der Waals surface area (Å²) >= 11 is 18.7. The van der Waals surface area contributed by atoms with Crippen LogP contribution >= 0.6 is 34.8 Å². The fraction of sp³-hybridized carbons (Fsp3) is 0.217. The van der Waals surface area contributed by atoms with Crippen molar-refractivity contribution in [2.45, 2.75) is 12.6 Å². The van der Waals surface area contributed by atoms with Crippen molar-refractivity contribution in [2.75, 3.05) is 24.5 Å². The Morgan fingerprint density at radius 3 is 2.37 bits per heavy atom. The lowest BCUT2D eigenvalue weighted by Crippen LogP contribution is -2.48. The molecule has 4 nitrogen and oxygen atoms in total. The predicted octanol–water partition coefficient (Wildman–Crippen LogP) is 5.98. The van der Waals surface area contributed by atoms with Gasteiger partial charge in [-0.25, -0.2) is 4.98 Å². The van der Waals surface area contributed by atoms with E-state index >= 15 is 0 Å². The second kappa shape index (κ2) is 9.24. The van der Waals surface area contributed by atoms with E-state index in [0.717, 1.165) is 37.6 Å². The number of anilines is 1. The highest BCUT2D eigenvalue weighted by Crippen LogP contribution is 2.35. The van der Waals surface area contributed by atoms with E-state index in [1.54, 1.807) is 12.3 Å². The van der Waals surface area contributed by atoms with Crippen LogP contribution in [-0.4, -0.2) is 29.5 Å². The average Bonchev–Trinajstić information content (AvgIpc) is 2.75. The Kier molecular flexibility index (Phi) is 6.46. The molecule has 1 aromatic heterocycles. The highest BCUT2D eigenvalue weighted by atomic mass is 35.5. The molecule has 0 aliphatic carbocycles. The standard InChI is InChI=1S/C23H19Cl3N4/c24-19-7-5-18(6-8-19)22-15-29(14-17-3-1-16(12-27)2-4-17)9-10-30(22)23-21(26)11-20(25)13-28-23/h1-8,11,13,22H,9-10,14-15H2. The van der Waals surface area contributed by atoms with E-state index in [-0.39, 0.29) is 6.04 Å². The Bertz CT molecular complexity index is 1060. The largest absolute Gasteiger partial charge is 0.346 e. The van der Waals surface area contributed by atoms with Gasteiger partial charge in [0.15, 0.2) is 0 Å². The minimum atomic E-state index is 0.0700. The molecule has 7 heteroatoms. The molecule has 30 heavy (non-hydrogen) atoms. The lowest BCUT2D eigenvalue weighted by atomic mass is 10.0. The lowest BCUT2D eigenvalue weighted by molar-refractivity contribution is 0.215. The normalized spacial score (nSPS) is 17.0. The van der Waals surface area contributed by atoms with Gasteiger partial charge in [-0.15, -0.1) is 0 Å². The van der Waals surface area contributed by atoms with Crippen molar-refractivity contribution in [2.24, 2.45) is 0 Å². The van der Waals surface area contributed by atoms with Gasteiger partial charge in [0.05, 0.1) is 27.7 Å². The van der Waals surface area contributed by atoms with Crippen LogP contribution in [0.15, 0.2) is 60.8 Å². The van der Waals surface area contributed by atoms with Gasteiger partial charge in [0.1, 0.15) is 5.82 Å². The molecule has 0 amide bonds. The van der Waals surface area contributed by atoms with Crippen molar-refractivity contribution in [1.82, 2.24) is 9.88 Å². The number of halogens is 3. The summed E-state index contributed by atoms with van der Waals surface area (Å²) in [4.78, 5) is 9.15. The number of hydrogen-bond donors (Lipinski definition) is 0. The number of nitriles is 1. The van der Waals surface area contributed by atoms with E-state index in [1.165, 1.54) is 5.56 Å².